The van der Waals surface area contributed by atoms with Crippen LogP contribution in [0.2, 0.25) is 0 Å². The van der Waals surface area contributed by atoms with Gasteiger partial charge >= 0.3 is 0 Å². The highest BCUT2D eigenvalue weighted by atomic mass is 32.2. The molecule has 2 heterocycles. The minimum Gasteiger partial charge on any atom is -0.486 e. The summed E-state index contributed by atoms with van der Waals surface area (Å²) < 4.78 is 38.6. The van der Waals surface area contributed by atoms with Crippen molar-refractivity contribution in [3.05, 3.63) is 18.2 Å². The summed E-state index contributed by atoms with van der Waals surface area (Å²) in [5, 5.41) is 3.19. The largest absolute Gasteiger partial charge is 0.486 e. The Kier molecular flexibility index (Phi) is 3.82. The summed E-state index contributed by atoms with van der Waals surface area (Å²) >= 11 is 0. The third-order valence-corrected chi connectivity index (χ3v) is 4.98. The zero-order valence-corrected chi connectivity index (χ0v) is 11.9. The zero-order chi connectivity index (χ0) is 14.0. The van der Waals surface area contributed by atoms with Crippen molar-refractivity contribution in [1.29, 1.82) is 0 Å². The van der Waals surface area contributed by atoms with E-state index in [9.17, 15) is 8.42 Å². The highest BCUT2D eigenvalue weighted by Crippen LogP contribution is 2.36. The molecular formula is C13H18N2O4S. The number of rotatable bonds is 3. The third-order valence-electron chi connectivity index (χ3n) is 3.44. The molecular weight excluding hydrogens is 280 g/mol. The molecule has 2 N–H and O–H groups in total. The summed E-state index contributed by atoms with van der Waals surface area (Å²) in [4.78, 5) is 0.153. The van der Waals surface area contributed by atoms with Gasteiger partial charge in [-0.1, -0.05) is 6.07 Å². The van der Waals surface area contributed by atoms with Gasteiger partial charge < -0.3 is 14.8 Å². The molecule has 0 amide bonds. The van der Waals surface area contributed by atoms with Gasteiger partial charge in [0, 0.05) is 12.6 Å². The SMILES string of the molecule is O=S(=O)(NC1CCCNC1)c1cccc2c1OCCO2. The fourth-order valence-corrected chi connectivity index (χ4v) is 3.92. The summed E-state index contributed by atoms with van der Waals surface area (Å²) in [5.41, 5.74) is 0. The van der Waals surface area contributed by atoms with Gasteiger partial charge in [-0.25, -0.2) is 13.1 Å². The van der Waals surface area contributed by atoms with Crippen LogP contribution in [0.25, 0.3) is 0 Å². The van der Waals surface area contributed by atoms with Gasteiger partial charge in [0.1, 0.15) is 18.1 Å². The lowest BCUT2D eigenvalue weighted by Gasteiger charge is -2.25. The number of benzene rings is 1. The molecule has 20 heavy (non-hydrogen) atoms. The molecule has 3 rings (SSSR count). The first-order valence-electron chi connectivity index (χ1n) is 6.78. The van der Waals surface area contributed by atoms with Crippen molar-refractivity contribution in [3.8, 4) is 11.5 Å². The van der Waals surface area contributed by atoms with E-state index in [4.69, 9.17) is 9.47 Å². The van der Waals surface area contributed by atoms with Gasteiger partial charge in [0.2, 0.25) is 10.0 Å². The molecule has 110 valence electrons. The van der Waals surface area contributed by atoms with Gasteiger partial charge in [0.25, 0.3) is 0 Å². The Morgan fingerprint density at radius 3 is 2.90 bits per heavy atom. The molecule has 1 fully saturated rings. The van der Waals surface area contributed by atoms with Gasteiger partial charge in [-0.2, -0.15) is 0 Å². The van der Waals surface area contributed by atoms with Crippen molar-refractivity contribution in [2.24, 2.45) is 0 Å². The van der Waals surface area contributed by atoms with E-state index in [-0.39, 0.29) is 10.9 Å². The number of hydrogen-bond donors (Lipinski definition) is 2. The summed E-state index contributed by atoms with van der Waals surface area (Å²) in [5.74, 6) is 0.802. The highest BCUT2D eigenvalue weighted by molar-refractivity contribution is 7.89. The number of sulfonamides is 1. The van der Waals surface area contributed by atoms with Crippen molar-refractivity contribution in [3.63, 3.8) is 0 Å². The molecule has 0 radical (unpaired) electrons. The van der Waals surface area contributed by atoms with E-state index in [0.29, 0.717) is 31.3 Å². The maximum absolute atomic E-state index is 12.5. The van der Waals surface area contributed by atoms with Crippen molar-refractivity contribution >= 4 is 10.0 Å². The second-order valence-corrected chi connectivity index (χ2v) is 6.63. The maximum Gasteiger partial charge on any atom is 0.244 e. The van der Waals surface area contributed by atoms with E-state index in [1.807, 2.05) is 0 Å². The Hall–Kier alpha value is -1.31. The molecule has 0 aliphatic carbocycles. The molecule has 2 aliphatic heterocycles. The average Bonchev–Trinajstić information content (AvgIpc) is 2.47. The Morgan fingerprint density at radius 1 is 1.25 bits per heavy atom. The smallest absolute Gasteiger partial charge is 0.244 e. The highest BCUT2D eigenvalue weighted by Gasteiger charge is 2.27. The molecule has 0 saturated carbocycles. The van der Waals surface area contributed by atoms with E-state index in [2.05, 4.69) is 10.0 Å². The first-order chi connectivity index (χ1) is 9.67. The van der Waals surface area contributed by atoms with Crippen LogP contribution in [0.5, 0.6) is 11.5 Å². The molecule has 2 aliphatic rings. The van der Waals surface area contributed by atoms with Crippen molar-refractivity contribution in [2.45, 2.75) is 23.8 Å². The van der Waals surface area contributed by atoms with Crippen LogP contribution in [-0.4, -0.2) is 40.8 Å². The summed E-state index contributed by atoms with van der Waals surface area (Å²) in [6.45, 7) is 2.41. The molecule has 6 nitrogen and oxygen atoms in total. The fourth-order valence-electron chi connectivity index (χ4n) is 2.49. The number of ether oxygens (including phenoxy) is 2. The maximum atomic E-state index is 12.5. The lowest BCUT2D eigenvalue weighted by atomic mass is 10.1. The Labute approximate surface area is 118 Å². The van der Waals surface area contributed by atoms with Crippen LogP contribution in [0.1, 0.15) is 12.8 Å². The molecule has 1 aromatic rings. The van der Waals surface area contributed by atoms with E-state index < -0.39 is 10.0 Å². The van der Waals surface area contributed by atoms with E-state index in [1.165, 1.54) is 0 Å². The Bertz CT molecular complexity index is 582. The molecule has 7 heteroatoms. The van der Waals surface area contributed by atoms with Crippen LogP contribution in [0.3, 0.4) is 0 Å². The van der Waals surface area contributed by atoms with Gasteiger partial charge in [-0.05, 0) is 31.5 Å². The number of hydrogen-bond acceptors (Lipinski definition) is 5. The second kappa shape index (κ2) is 5.59. The van der Waals surface area contributed by atoms with Crippen LogP contribution in [0.4, 0.5) is 0 Å². The van der Waals surface area contributed by atoms with E-state index in [1.54, 1.807) is 18.2 Å². The number of para-hydroxylation sites is 1. The molecule has 1 saturated heterocycles. The predicted octanol–water partition coefficient (Wildman–Crippen LogP) is 0.488. The summed E-state index contributed by atoms with van der Waals surface area (Å²) in [6, 6.07) is 4.86. The standard InChI is InChI=1S/C13H18N2O4S/c16-20(17,15-10-3-2-6-14-9-10)12-5-1-4-11-13(12)19-8-7-18-11/h1,4-5,10,14-15H,2-3,6-9H2. The van der Waals surface area contributed by atoms with Crippen LogP contribution >= 0.6 is 0 Å². The third kappa shape index (κ3) is 2.74. The topological polar surface area (TPSA) is 76.7 Å². The van der Waals surface area contributed by atoms with Gasteiger partial charge in [0.05, 0.1) is 0 Å². The van der Waals surface area contributed by atoms with Crippen LogP contribution in [-0.2, 0) is 10.0 Å². The van der Waals surface area contributed by atoms with Crippen LogP contribution in [0.15, 0.2) is 23.1 Å². The van der Waals surface area contributed by atoms with Crippen molar-refractivity contribution < 1.29 is 17.9 Å². The average molecular weight is 298 g/mol. The second-order valence-electron chi connectivity index (χ2n) is 4.94. The van der Waals surface area contributed by atoms with E-state index >= 15 is 0 Å². The van der Waals surface area contributed by atoms with Crippen molar-refractivity contribution in [2.75, 3.05) is 26.3 Å². The molecule has 1 aromatic carbocycles. The summed E-state index contributed by atoms with van der Waals surface area (Å²) in [6.07, 6.45) is 1.82. The minimum absolute atomic E-state index is 0.0749. The van der Waals surface area contributed by atoms with E-state index in [0.717, 1.165) is 19.4 Å². The number of nitrogens with one attached hydrogen (secondary N) is 2. The quantitative estimate of drug-likeness (QED) is 0.849. The Morgan fingerprint density at radius 2 is 2.10 bits per heavy atom. The van der Waals surface area contributed by atoms with Crippen molar-refractivity contribution in [1.82, 2.24) is 10.0 Å². The molecule has 0 spiro atoms. The monoisotopic (exact) mass is 298 g/mol. The lowest BCUT2D eigenvalue weighted by Crippen LogP contribution is -2.45. The first-order valence-corrected chi connectivity index (χ1v) is 8.27. The molecule has 1 unspecified atom stereocenters. The zero-order valence-electron chi connectivity index (χ0n) is 11.1. The van der Waals surface area contributed by atoms with Gasteiger partial charge in [0.15, 0.2) is 11.5 Å². The van der Waals surface area contributed by atoms with Crippen LogP contribution < -0.4 is 19.5 Å². The van der Waals surface area contributed by atoms with Gasteiger partial charge in [-0.15, -0.1) is 0 Å². The predicted molar refractivity (Wildman–Crippen MR) is 73.6 cm³/mol. The molecule has 0 aromatic heterocycles. The lowest BCUT2D eigenvalue weighted by molar-refractivity contribution is 0.167. The van der Waals surface area contributed by atoms with Crippen LogP contribution in [0, 0.1) is 0 Å². The van der Waals surface area contributed by atoms with Gasteiger partial charge in [-0.3, -0.25) is 0 Å². The number of piperidine rings is 1. The minimum atomic E-state index is -3.60. The normalized spacial score (nSPS) is 22.5. The molecule has 1 atom stereocenters. The fraction of sp³-hybridized carbons (Fsp3) is 0.538. The molecule has 0 bridgehead atoms. The Balaban J connectivity index is 1.87. The number of fused-ring (bicyclic) bond motifs is 1. The summed E-state index contributed by atoms with van der Waals surface area (Å²) in [7, 11) is -3.60. The first kappa shape index (κ1) is 13.7.